The van der Waals surface area contributed by atoms with Crippen molar-refractivity contribution in [1.29, 1.82) is 0 Å². The SMILES string of the molecule is CC(C1CC1)N(C)c1ccc(CBr)cc1Br. The molecule has 1 fully saturated rings. The molecule has 1 saturated carbocycles. The Morgan fingerprint density at radius 1 is 1.44 bits per heavy atom. The lowest BCUT2D eigenvalue weighted by atomic mass is 10.1. The topological polar surface area (TPSA) is 3.24 Å². The average molecular weight is 347 g/mol. The highest BCUT2D eigenvalue weighted by Crippen LogP contribution is 2.38. The second kappa shape index (κ2) is 5.09. The molecule has 0 spiro atoms. The number of halogens is 2. The first-order chi connectivity index (χ1) is 7.63. The Bertz CT molecular complexity index is 374. The van der Waals surface area contributed by atoms with Crippen LogP contribution in [0.2, 0.25) is 0 Å². The highest BCUT2D eigenvalue weighted by molar-refractivity contribution is 9.10. The summed E-state index contributed by atoms with van der Waals surface area (Å²) in [4.78, 5) is 2.39. The average Bonchev–Trinajstić information content (AvgIpc) is 3.10. The molecule has 0 radical (unpaired) electrons. The molecule has 16 heavy (non-hydrogen) atoms. The van der Waals surface area contributed by atoms with E-state index in [4.69, 9.17) is 0 Å². The molecule has 0 heterocycles. The van der Waals surface area contributed by atoms with Gasteiger partial charge in [-0.05, 0) is 59.3 Å². The fourth-order valence-electron chi connectivity index (χ4n) is 2.03. The maximum atomic E-state index is 3.66. The van der Waals surface area contributed by atoms with E-state index in [-0.39, 0.29) is 0 Å². The minimum absolute atomic E-state index is 0.645. The first-order valence-electron chi connectivity index (χ1n) is 5.70. The van der Waals surface area contributed by atoms with Crippen LogP contribution in [0.15, 0.2) is 22.7 Å². The van der Waals surface area contributed by atoms with Crippen molar-refractivity contribution in [3.05, 3.63) is 28.2 Å². The first-order valence-corrected chi connectivity index (χ1v) is 7.62. The van der Waals surface area contributed by atoms with Gasteiger partial charge in [-0.15, -0.1) is 0 Å². The fraction of sp³-hybridized carbons (Fsp3) is 0.538. The van der Waals surface area contributed by atoms with E-state index in [0.717, 1.165) is 11.2 Å². The number of hydrogen-bond acceptors (Lipinski definition) is 1. The van der Waals surface area contributed by atoms with Gasteiger partial charge in [0.2, 0.25) is 0 Å². The highest BCUT2D eigenvalue weighted by Gasteiger charge is 2.31. The van der Waals surface area contributed by atoms with Gasteiger partial charge < -0.3 is 4.90 Å². The summed E-state index contributed by atoms with van der Waals surface area (Å²) in [6.07, 6.45) is 2.78. The maximum absolute atomic E-state index is 3.66. The predicted molar refractivity (Wildman–Crippen MR) is 77.4 cm³/mol. The van der Waals surface area contributed by atoms with Crippen LogP contribution in [0.4, 0.5) is 5.69 Å². The van der Waals surface area contributed by atoms with Crippen molar-refractivity contribution in [3.8, 4) is 0 Å². The largest absolute Gasteiger partial charge is 0.371 e. The number of anilines is 1. The molecular weight excluding hydrogens is 330 g/mol. The number of hydrogen-bond donors (Lipinski definition) is 0. The van der Waals surface area contributed by atoms with Crippen LogP contribution in [-0.2, 0) is 5.33 Å². The van der Waals surface area contributed by atoms with Crippen molar-refractivity contribution in [2.45, 2.75) is 31.1 Å². The van der Waals surface area contributed by atoms with E-state index >= 15 is 0 Å². The van der Waals surface area contributed by atoms with E-state index in [9.17, 15) is 0 Å². The van der Waals surface area contributed by atoms with Crippen LogP contribution >= 0.6 is 31.9 Å². The van der Waals surface area contributed by atoms with Crippen LogP contribution in [0.5, 0.6) is 0 Å². The number of alkyl halides is 1. The van der Waals surface area contributed by atoms with Gasteiger partial charge in [-0.25, -0.2) is 0 Å². The summed E-state index contributed by atoms with van der Waals surface area (Å²) in [5.41, 5.74) is 2.60. The van der Waals surface area contributed by atoms with Crippen LogP contribution in [0.3, 0.4) is 0 Å². The van der Waals surface area contributed by atoms with Gasteiger partial charge in [-0.1, -0.05) is 22.0 Å². The third-order valence-corrected chi connectivity index (χ3v) is 4.74. The maximum Gasteiger partial charge on any atom is 0.0510 e. The van der Waals surface area contributed by atoms with Gasteiger partial charge in [0.25, 0.3) is 0 Å². The summed E-state index contributed by atoms with van der Waals surface area (Å²) in [6, 6.07) is 7.23. The molecule has 0 aromatic heterocycles. The molecule has 1 aliphatic rings. The van der Waals surface area contributed by atoms with Gasteiger partial charge in [0.15, 0.2) is 0 Å². The minimum atomic E-state index is 0.645. The summed E-state index contributed by atoms with van der Waals surface area (Å²) in [5, 5.41) is 0.910. The molecule has 0 saturated heterocycles. The van der Waals surface area contributed by atoms with Gasteiger partial charge in [0, 0.05) is 22.9 Å². The van der Waals surface area contributed by atoms with Crippen molar-refractivity contribution in [2.75, 3.05) is 11.9 Å². The molecule has 1 nitrogen and oxygen atoms in total. The zero-order chi connectivity index (χ0) is 11.7. The zero-order valence-electron chi connectivity index (χ0n) is 9.71. The van der Waals surface area contributed by atoms with Crippen LogP contribution in [0.25, 0.3) is 0 Å². The highest BCUT2D eigenvalue weighted by atomic mass is 79.9. The first kappa shape index (κ1) is 12.4. The van der Waals surface area contributed by atoms with Crippen molar-refractivity contribution in [3.63, 3.8) is 0 Å². The van der Waals surface area contributed by atoms with Crippen LogP contribution < -0.4 is 4.90 Å². The molecular formula is C13H17Br2N. The molecule has 1 atom stereocenters. The molecule has 0 amide bonds. The van der Waals surface area contributed by atoms with E-state index in [1.54, 1.807) is 0 Å². The third kappa shape index (κ3) is 2.62. The van der Waals surface area contributed by atoms with Gasteiger partial charge in [0.1, 0.15) is 0 Å². The standard InChI is InChI=1S/C13H17Br2N/c1-9(11-4-5-11)16(2)13-6-3-10(8-14)7-12(13)15/h3,6-7,9,11H,4-5,8H2,1-2H3. The van der Waals surface area contributed by atoms with Crippen molar-refractivity contribution >= 4 is 37.5 Å². The number of nitrogens with zero attached hydrogens (tertiary/aromatic N) is 1. The van der Waals surface area contributed by atoms with Gasteiger partial charge in [0.05, 0.1) is 5.69 Å². The summed E-state index contributed by atoms with van der Waals surface area (Å²) in [5.74, 6) is 0.896. The van der Waals surface area contributed by atoms with E-state index in [1.165, 1.54) is 28.6 Å². The second-order valence-corrected chi connectivity index (χ2v) is 6.02. The van der Waals surface area contributed by atoms with Crippen LogP contribution in [0, 0.1) is 5.92 Å². The zero-order valence-corrected chi connectivity index (χ0v) is 12.9. The fourth-order valence-corrected chi connectivity index (χ4v) is 3.09. The Hall–Kier alpha value is -0.0200. The molecule has 0 N–H and O–H groups in total. The molecule has 1 aromatic rings. The smallest absolute Gasteiger partial charge is 0.0510 e. The second-order valence-electron chi connectivity index (χ2n) is 4.61. The van der Waals surface area contributed by atoms with E-state index in [1.807, 2.05) is 0 Å². The van der Waals surface area contributed by atoms with Crippen LogP contribution in [0.1, 0.15) is 25.3 Å². The van der Waals surface area contributed by atoms with Crippen molar-refractivity contribution in [2.24, 2.45) is 5.92 Å². The molecule has 3 heteroatoms. The van der Waals surface area contributed by atoms with Gasteiger partial charge in [-0.2, -0.15) is 0 Å². The summed E-state index contributed by atoms with van der Waals surface area (Å²) in [7, 11) is 2.19. The Labute approximate surface area is 114 Å². The Morgan fingerprint density at radius 3 is 2.62 bits per heavy atom. The van der Waals surface area contributed by atoms with E-state index in [0.29, 0.717) is 6.04 Å². The lowest BCUT2D eigenvalue weighted by Crippen LogP contribution is -2.30. The van der Waals surface area contributed by atoms with Crippen LogP contribution in [-0.4, -0.2) is 13.1 Å². The van der Waals surface area contributed by atoms with Gasteiger partial charge >= 0.3 is 0 Å². The summed E-state index contributed by atoms with van der Waals surface area (Å²) in [6.45, 7) is 2.32. The number of benzene rings is 1. The molecule has 2 rings (SSSR count). The lowest BCUT2D eigenvalue weighted by molar-refractivity contribution is 0.608. The summed E-state index contributed by atoms with van der Waals surface area (Å²) >= 11 is 7.14. The third-order valence-electron chi connectivity index (χ3n) is 3.46. The van der Waals surface area contributed by atoms with Crippen molar-refractivity contribution in [1.82, 2.24) is 0 Å². The Kier molecular flexibility index (Phi) is 3.96. The molecule has 0 bridgehead atoms. The Morgan fingerprint density at radius 2 is 2.12 bits per heavy atom. The van der Waals surface area contributed by atoms with Gasteiger partial charge in [-0.3, -0.25) is 0 Å². The molecule has 1 aliphatic carbocycles. The molecule has 1 unspecified atom stereocenters. The predicted octanol–water partition coefficient (Wildman–Crippen LogP) is 4.58. The normalized spacial score (nSPS) is 17.2. The summed E-state index contributed by atoms with van der Waals surface area (Å²) < 4.78 is 1.19. The van der Waals surface area contributed by atoms with E-state index < -0.39 is 0 Å². The monoisotopic (exact) mass is 345 g/mol. The number of rotatable bonds is 4. The quantitative estimate of drug-likeness (QED) is 0.721. The van der Waals surface area contributed by atoms with E-state index in [2.05, 4.69) is 68.9 Å². The molecule has 88 valence electrons. The Balaban J connectivity index is 2.18. The molecule has 1 aromatic carbocycles. The minimum Gasteiger partial charge on any atom is -0.371 e. The lowest BCUT2D eigenvalue weighted by Gasteiger charge is -2.28. The molecule has 0 aliphatic heterocycles. The van der Waals surface area contributed by atoms with Crippen molar-refractivity contribution < 1.29 is 0 Å².